The number of hydrogen-bond donors (Lipinski definition) is 1. The van der Waals surface area contributed by atoms with Gasteiger partial charge in [-0.05, 0) is 12.1 Å². The number of fused-ring (bicyclic) bond motifs is 1. The molecular weight excluding hydrogens is 233 g/mol. The van der Waals surface area contributed by atoms with Gasteiger partial charge in [0.15, 0.2) is 0 Å². The average molecular weight is 244 g/mol. The highest BCUT2D eigenvalue weighted by atomic mass is 19.4. The molecule has 0 amide bonds. The van der Waals surface area contributed by atoms with E-state index in [0.29, 0.717) is 5.39 Å². The summed E-state index contributed by atoms with van der Waals surface area (Å²) in [7, 11) is 0. The lowest BCUT2D eigenvalue weighted by Crippen LogP contribution is -2.04. The Balaban J connectivity index is 2.52. The highest BCUT2D eigenvalue weighted by molar-refractivity contribution is 5.82. The molecule has 2 aromatic rings. The summed E-state index contributed by atoms with van der Waals surface area (Å²) in [5.41, 5.74) is 0.175. The lowest BCUT2D eigenvalue weighted by Gasteiger charge is -2.07. The first-order valence-corrected chi connectivity index (χ1v) is 5.12. The lowest BCUT2D eigenvalue weighted by atomic mass is 10.0. The summed E-state index contributed by atoms with van der Waals surface area (Å²) in [6, 6.07) is 3.37. The lowest BCUT2D eigenvalue weighted by molar-refractivity contribution is -0.137. The van der Waals surface area contributed by atoms with E-state index in [1.807, 2.05) is 0 Å². The van der Waals surface area contributed by atoms with Crippen molar-refractivity contribution in [2.24, 2.45) is 0 Å². The molecule has 1 aromatic carbocycles. The number of benzene rings is 1. The van der Waals surface area contributed by atoms with Gasteiger partial charge in [-0.2, -0.15) is 13.2 Å². The summed E-state index contributed by atoms with van der Waals surface area (Å²) in [6.07, 6.45) is -2.98. The third-order valence-corrected chi connectivity index (χ3v) is 2.74. The van der Waals surface area contributed by atoms with Crippen molar-refractivity contribution in [3.05, 3.63) is 35.6 Å². The zero-order valence-electron chi connectivity index (χ0n) is 9.08. The van der Waals surface area contributed by atoms with Gasteiger partial charge in [-0.15, -0.1) is 0 Å². The van der Waals surface area contributed by atoms with Crippen LogP contribution < -0.4 is 0 Å². The molecule has 1 N–H and O–H groups in total. The van der Waals surface area contributed by atoms with Crippen LogP contribution >= 0.6 is 0 Å². The zero-order chi connectivity index (χ0) is 12.6. The molecule has 2 rings (SSSR count). The van der Waals surface area contributed by atoms with E-state index in [9.17, 15) is 13.2 Å². The van der Waals surface area contributed by atoms with Crippen LogP contribution in [-0.2, 0) is 6.18 Å². The maximum absolute atomic E-state index is 12.5. The molecule has 1 atom stereocenters. The van der Waals surface area contributed by atoms with Gasteiger partial charge in [0.1, 0.15) is 5.58 Å². The van der Waals surface area contributed by atoms with E-state index in [2.05, 4.69) is 0 Å². The smallest absolute Gasteiger partial charge is 0.416 e. The van der Waals surface area contributed by atoms with Gasteiger partial charge < -0.3 is 9.52 Å². The summed E-state index contributed by atoms with van der Waals surface area (Å²) in [5.74, 6) is -0.159. The summed E-state index contributed by atoms with van der Waals surface area (Å²) in [5, 5.41) is 9.64. The van der Waals surface area contributed by atoms with Gasteiger partial charge in [-0.25, -0.2) is 0 Å². The van der Waals surface area contributed by atoms with Crippen LogP contribution in [0.4, 0.5) is 13.2 Å². The fourth-order valence-electron chi connectivity index (χ4n) is 1.71. The molecule has 0 saturated carbocycles. The largest absolute Gasteiger partial charge is 0.464 e. The van der Waals surface area contributed by atoms with Crippen molar-refractivity contribution in [2.75, 3.05) is 6.61 Å². The third-order valence-electron chi connectivity index (χ3n) is 2.74. The van der Waals surface area contributed by atoms with Gasteiger partial charge in [0, 0.05) is 23.5 Å². The Bertz CT molecular complexity index is 528. The average Bonchev–Trinajstić information content (AvgIpc) is 2.69. The van der Waals surface area contributed by atoms with Crippen LogP contribution in [-0.4, -0.2) is 11.7 Å². The Labute approximate surface area is 95.7 Å². The Morgan fingerprint density at radius 2 is 2.06 bits per heavy atom. The first-order chi connectivity index (χ1) is 7.93. The van der Waals surface area contributed by atoms with Crippen LogP contribution in [0.3, 0.4) is 0 Å². The van der Waals surface area contributed by atoms with E-state index in [0.717, 1.165) is 17.7 Å². The normalized spacial score (nSPS) is 14.2. The van der Waals surface area contributed by atoms with Crippen LogP contribution in [0.15, 0.2) is 28.9 Å². The molecule has 1 heterocycles. The van der Waals surface area contributed by atoms with Crippen molar-refractivity contribution in [1.29, 1.82) is 0 Å². The summed E-state index contributed by atoms with van der Waals surface area (Å²) in [4.78, 5) is 0. The molecule has 0 radical (unpaired) electrons. The number of aliphatic hydroxyl groups excluding tert-OH is 1. The van der Waals surface area contributed by atoms with Gasteiger partial charge in [0.05, 0.1) is 11.8 Å². The van der Waals surface area contributed by atoms with Crippen molar-refractivity contribution < 1.29 is 22.7 Å². The van der Waals surface area contributed by atoms with Crippen molar-refractivity contribution in [1.82, 2.24) is 0 Å². The molecule has 1 unspecified atom stereocenters. The fraction of sp³-hybridized carbons (Fsp3) is 0.333. The SMILES string of the molecule is CC(CO)c1coc2cc(C(F)(F)F)ccc12. The topological polar surface area (TPSA) is 33.4 Å². The minimum absolute atomic E-state index is 0.0738. The van der Waals surface area contributed by atoms with Crippen molar-refractivity contribution in [3.8, 4) is 0 Å². The first kappa shape index (κ1) is 12.0. The Morgan fingerprint density at radius 3 is 2.65 bits per heavy atom. The monoisotopic (exact) mass is 244 g/mol. The standard InChI is InChI=1S/C12H11F3O2/c1-7(5-16)10-6-17-11-4-8(12(13,14)15)2-3-9(10)11/h2-4,6-7,16H,5H2,1H3. The van der Waals surface area contributed by atoms with Crippen LogP contribution in [0.2, 0.25) is 0 Å². The minimum Gasteiger partial charge on any atom is -0.464 e. The molecule has 0 aliphatic carbocycles. The van der Waals surface area contributed by atoms with E-state index >= 15 is 0 Å². The molecule has 0 aliphatic rings. The molecule has 0 saturated heterocycles. The number of alkyl halides is 3. The first-order valence-electron chi connectivity index (χ1n) is 5.12. The Morgan fingerprint density at radius 1 is 1.35 bits per heavy atom. The number of halogens is 3. The fourth-order valence-corrected chi connectivity index (χ4v) is 1.71. The van der Waals surface area contributed by atoms with Gasteiger partial charge in [-0.3, -0.25) is 0 Å². The van der Waals surface area contributed by atoms with Crippen molar-refractivity contribution in [3.63, 3.8) is 0 Å². The van der Waals surface area contributed by atoms with Crippen LogP contribution in [0.1, 0.15) is 24.0 Å². The van der Waals surface area contributed by atoms with E-state index in [1.54, 1.807) is 6.92 Å². The molecule has 17 heavy (non-hydrogen) atoms. The second-order valence-electron chi connectivity index (χ2n) is 3.98. The second kappa shape index (κ2) is 4.07. The van der Waals surface area contributed by atoms with Gasteiger partial charge >= 0.3 is 6.18 Å². The molecule has 92 valence electrons. The summed E-state index contributed by atoms with van der Waals surface area (Å²) < 4.78 is 42.5. The molecule has 1 aromatic heterocycles. The highest BCUT2D eigenvalue weighted by Gasteiger charge is 2.31. The molecule has 0 fully saturated rings. The van der Waals surface area contributed by atoms with Crippen LogP contribution in [0.25, 0.3) is 11.0 Å². The highest BCUT2D eigenvalue weighted by Crippen LogP contribution is 2.34. The predicted molar refractivity (Wildman–Crippen MR) is 56.7 cm³/mol. The molecule has 2 nitrogen and oxygen atoms in total. The van der Waals surface area contributed by atoms with Crippen molar-refractivity contribution >= 4 is 11.0 Å². The molecule has 5 heteroatoms. The maximum Gasteiger partial charge on any atom is 0.416 e. The van der Waals surface area contributed by atoms with Crippen LogP contribution in [0, 0.1) is 0 Å². The Kier molecular flexibility index (Phi) is 2.87. The minimum atomic E-state index is -4.37. The Hall–Kier alpha value is -1.49. The third kappa shape index (κ3) is 2.15. The molecule has 0 bridgehead atoms. The zero-order valence-corrected chi connectivity index (χ0v) is 9.08. The second-order valence-corrected chi connectivity index (χ2v) is 3.98. The summed E-state index contributed by atoms with van der Waals surface area (Å²) >= 11 is 0. The molecule has 0 aliphatic heterocycles. The van der Waals surface area contributed by atoms with Gasteiger partial charge in [0.25, 0.3) is 0 Å². The van der Waals surface area contributed by atoms with E-state index in [1.165, 1.54) is 12.3 Å². The number of hydrogen-bond acceptors (Lipinski definition) is 2. The van der Waals surface area contributed by atoms with E-state index < -0.39 is 11.7 Å². The van der Waals surface area contributed by atoms with Gasteiger partial charge in [0.2, 0.25) is 0 Å². The predicted octanol–water partition coefficient (Wildman–Crippen LogP) is 3.55. The van der Waals surface area contributed by atoms with E-state index in [4.69, 9.17) is 9.52 Å². The molecular formula is C12H11F3O2. The van der Waals surface area contributed by atoms with Crippen molar-refractivity contribution in [2.45, 2.75) is 19.0 Å². The molecule has 0 spiro atoms. The van der Waals surface area contributed by atoms with E-state index in [-0.39, 0.29) is 18.1 Å². The number of aliphatic hydroxyl groups is 1. The maximum atomic E-state index is 12.5. The number of furan rings is 1. The quantitative estimate of drug-likeness (QED) is 0.876. The number of rotatable bonds is 2. The van der Waals surface area contributed by atoms with Gasteiger partial charge in [-0.1, -0.05) is 13.0 Å². The van der Waals surface area contributed by atoms with Crippen LogP contribution in [0.5, 0.6) is 0 Å². The summed E-state index contributed by atoms with van der Waals surface area (Å²) in [6.45, 7) is 1.71.